The van der Waals surface area contributed by atoms with E-state index in [-0.39, 0.29) is 23.2 Å². The molecular formula is C13H20O2. The molecule has 0 aromatic heterocycles. The first-order chi connectivity index (χ1) is 6.70. The van der Waals surface area contributed by atoms with Crippen molar-refractivity contribution in [3.05, 3.63) is 0 Å². The highest BCUT2D eigenvalue weighted by atomic mass is 16.6. The lowest BCUT2D eigenvalue weighted by molar-refractivity contribution is -0.157. The molecule has 1 aliphatic rings. The number of ether oxygens (including phenoxy) is 1. The highest BCUT2D eigenvalue weighted by Gasteiger charge is 2.62. The van der Waals surface area contributed by atoms with Crippen LogP contribution in [0, 0.1) is 29.1 Å². The molecule has 15 heavy (non-hydrogen) atoms. The lowest BCUT2D eigenvalue weighted by Gasteiger charge is -2.19. The maximum Gasteiger partial charge on any atom is 0.311 e. The van der Waals surface area contributed by atoms with Crippen molar-refractivity contribution in [1.29, 1.82) is 0 Å². The van der Waals surface area contributed by atoms with Crippen LogP contribution in [0.5, 0.6) is 0 Å². The molecule has 0 radical (unpaired) electrons. The average Bonchev–Trinajstić information content (AvgIpc) is 2.50. The molecule has 0 aromatic carbocycles. The molecule has 0 N–H and O–H groups in total. The number of carbonyl (C=O) groups excluding carboxylic acids is 1. The Balaban J connectivity index is 2.67. The standard InChI is InChI=1S/C13H20O2/c1-7-8-9-10(13(9,5)6)11(14)15-12(2,3)4/h9-10H,1-6H3/t9?,10-/m0/s1. The van der Waals surface area contributed by atoms with E-state index >= 15 is 0 Å². The van der Waals surface area contributed by atoms with Gasteiger partial charge in [-0.3, -0.25) is 4.79 Å². The summed E-state index contributed by atoms with van der Waals surface area (Å²) in [5, 5.41) is 0. The van der Waals surface area contributed by atoms with Gasteiger partial charge >= 0.3 is 5.97 Å². The smallest absolute Gasteiger partial charge is 0.311 e. The van der Waals surface area contributed by atoms with Crippen LogP contribution in [0.3, 0.4) is 0 Å². The molecule has 0 aromatic rings. The third-order valence-electron chi connectivity index (χ3n) is 2.79. The maximum atomic E-state index is 11.8. The Bertz CT molecular complexity index is 323. The largest absolute Gasteiger partial charge is 0.460 e. The average molecular weight is 208 g/mol. The molecule has 0 spiro atoms. The van der Waals surface area contributed by atoms with Crippen molar-refractivity contribution in [2.45, 2.75) is 47.1 Å². The van der Waals surface area contributed by atoms with Crippen molar-refractivity contribution >= 4 is 5.97 Å². The van der Waals surface area contributed by atoms with E-state index in [0.717, 1.165) is 0 Å². The van der Waals surface area contributed by atoms with Gasteiger partial charge in [0, 0.05) is 5.92 Å². The zero-order valence-electron chi connectivity index (χ0n) is 10.5. The predicted molar refractivity (Wildman–Crippen MR) is 60.1 cm³/mol. The molecule has 1 unspecified atom stereocenters. The number of esters is 1. The highest BCUT2D eigenvalue weighted by molar-refractivity contribution is 5.79. The third-order valence-corrected chi connectivity index (χ3v) is 2.79. The van der Waals surface area contributed by atoms with Crippen molar-refractivity contribution in [3.8, 4) is 11.8 Å². The van der Waals surface area contributed by atoms with Crippen molar-refractivity contribution in [2.75, 3.05) is 0 Å². The Kier molecular flexibility index (Phi) is 2.87. The molecule has 0 amide bonds. The summed E-state index contributed by atoms with van der Waals surface area (Å²) in [6.07, 6.45) is 0. The SMILES string of the molecule is CC#CC1[C@@H](C(=O)OC(C)(C)C)C1(C)C. The second-order valence-corrected chi connectivity index (χ2v) is 5.70. The van der Waals surface area contributed by atoms with E-state index in [1.54, 1.807) is 6.92 Å². The predicted octanol–water partition coefficient (Wildman–Crippen LogP) is 2.62. The van der Waals surface area contributed by atoms with Gasteiger partial charge in [-0.05, 0) is 33.1 Å². The monoisotopic (exact) mass is 208 g/mol. The first-order valence-electron chi connectivity index (χ1n) is 5.35. The first kappa shape index (κ1) is 12.1. The summed E-state index contributed by atoms with van der Waals surface area (Å²) in [6, 6.07) is 0. The minimum atomic E-state index is -0.403. The summed E-state index contributed by atoms with van der Waals surface area (Å²) in [5.74, 6) is 5.95. The van der Waals surface area contributed by atoms with Gasteiger partial charge in [0.25, 0.3) is 0 Å². The van der Waals surface area contributed by atoms with Crippen LogP contribution < -0.4 is 0 Å². The molecule has 0 heterocycles. The summed E-state index contributed by atoms with van der Waals surface area (Å²) < 4.78 is 5.37. The lowest BCUT2D eigenvalue weighted by atomic mass is 10.1. The van der Waals surface area contributed by atoms with E-state index in [1.165, 1.54) is 0 Å². The molecule has 1 rings (SSSR count). The van der Waals surface area contributed by atoms with E-state index in [0.29, 0.717) is 0 Å². The fourth-order valence-electron chi connectivity index (χ4n) is 1.87. The minimum absolute atomic E-state index is 0.0225. The lowest BCUT2D eigenvalue weighted by Crippen LogP contribution is -2.26. The molecule has 1 fully saturated rings. The van der Waals surface area contributed by atoms with Gasteiger partial charge in [0.2, 0.25) is 0 Å². The molecule has 1 aliphatic carbocycles. The Labute approximate surface area is 92.4 Å². The summed E-state index contributed by atoms with van der Waals surface area (Å²) >= 11 is 0. The van der Waals surface area contributed by atoms with Crippen molar-refractivity contribution in [1.82, 2.24) is 0 Å². The summed E-state index contributed by atoms with van der Waals surface area (Å²) in [6.45, 7) is 11.6. The second-order valence-electron chi connectivity index (χ2n) is 5.70. The molecule has 1 saturated carbocycles. The van der Waals surface area contributed by atoms with Gasteiger partial charge in [0.1, 0.15) is 5.60 Å². The number of hydrogen-bond donors (Lipinski definition) is 0. The van der Waals surface area contributed by atoms with Crippen LogP contribution in [0.15, 0.2) is 0 Å². The molecule has 0 saturated heterocycles. The van der Waals surface area contributed by atoms with Crippen LogP contribution in [0.4, 0.5) is 0 Å². The van der Waals surface area contributed by atoms with Crippen LogP contribution in [0.25, 0.3) is 0 Å². The fraction of sp³-hybridized carbons (Fsp3) is 0.769. The zero-order chi connectivity index (χ0) is 11.9. The normalized spacial score (nSPS) is 27.6. The molecule has 2 nitrogen and oxygen atoms in total. The zero-order valence-corrected chi connectivity index (χ0v) is 10.5. The van der Waals surface area contributed by atoms with E-state index in [2.05, 4.69) is 25.7 Å². The Morgan fingerprint density at radius 2 is 1.87 bits per heavy atom. The molecule has 84 valence electrons. The van der Waals surface area contributed by atoms with E-state index in [1.807, 2.05) is 20.8 Å². The Morgan fingerprint density at radius 3 is 2.27 bits per heavy atom. The molecule has 0 bridgehead atoms. The fourth-order valence-corrected chi connectivity index (χ4v) is 1.87. The molecule has 2 atom stereocenters. The van der Waals surface area contributed by atoms with Crippen molar-refractivity contribution in [3.63, 3.8) is 0 Å². The third kappa shape index (κ3) is 2.53. The summed E-state index contributed by atoms with van der Waals surface area (Å²) in [4.78, 5) is 11.8. The quantitative estimate of drug-likeness (QED) is 0.489. The van der Waals surface area contributed by atoms with E-state index in [4.69, 9.17) is 4.74 Å². The van der Waals surface area contributed by atoms with Gasteiger partial charge in [-0.2, -0.15) is 0 Å². The van der Waals surface area contributed by atoms with Crippen LogP contribution >= 0.6 is 0 Å². The molecule has 2 heteroatoms. The van der Waals surface area contributed by atoms with Gasteiger partial charge in [0.15, 0.2) is 0 Å². The van der Waals surface area contributed by atoms with Gasteiger partial charge < -0.3 is 4.74 Å². The number of hydrogen-bond acceptors (Lipinski definition) is 2. The summed E-state index contributed by atoms with van der Waals surface area (Å²) in [5.41, 5.74) is -0.425. The molecular weight excluding hydrogens is 188 g/mol. The van der Waals surface area contributed by atoms with Gasteiger partial charge in [-0.15, -0.1) is 5.92 Å². The van der Waals surface area contributed by atoms with Crippen LogP contribution in [0.2, 0.25) is 0 Å². The Hall–Kier alpha value is -0.970. The van der Waals surface area contributed by atoms with Crippen LogP contribution in [-0.4, -0.2) is 11.6 Å². The minimum Gasteiger partial charge on any atom is -0.460 e. The number of rotatable bonds is 1. The topological polar surface area (TPSA) is 26.3 Å². The molecule has 0 aliphatic heterocycles. The second kappa shape index (κ2) is 3.56. The van der Waals surface area contributed by atoms with Crippen molar-refractivity contribution < 1.29 is 9.53 Å². The van der Waals surface area contributed by atoms with Crippen molar-refractivity contribution in [2.24, 2.45) is 17.3 Å². The highest BCUT2D eigenvalue weighted by Crippen LogP contribution is 2.58. The Morgan fingerprint density at radius 1 is 1.33 bits per heavy atom. The summed E-state index contributed by atoms with van der Waals surface area (Å²) in [7, 11) is 0. The van der Waals surface area contributed by atoms with Gasteiger partial charge in [0.05, 0.1) is 5.92 Å². The van der Waals surface area contributed by atoms with Gasteiger partial charge in [-0.25, -0.2) is 0 Å². The van der Waals surface area contributed by atoms with E-state index < -0.39 is 5.60 Å². The number of carbonyl (C=O) groups is 1. The van der Waals surface area contributed by atoms with E-state index in [9.17, 15) is 4.79 Å². The van der Waals surface area contributed by atoms with Crippen LogP contribution in [0.1, 0.15) is 41.5 Å². The maximum absolute atomic E-state index is 11.8. The van der Waals surface area contributed by atoms with Gasteiger partial charge in [-0.1, -0.05) is 19.8 Å². The first-order valence-corrected chi connectivity index (χ1v) is 5.35. The van der Waals surface area contributed by atoms with Crippen LogP contribution in [-0.2, 0) is 9.53 Å².